The number of carbonyl (C=O) groups excluding carboxylic acids is 2. The Balaban J connectivity index is 2.19. The molecule has 1 aromatic carbocycles. The van der Waals surface area contributed by atoms with Crippen LogP contribution < -0.4 is 11.1 Å². The second-order valence-electron chi connectivity index (χ2n) is 3.14. The highest BCUT2D eigenvalue weighted by Gasteiger charge is 2.02. The van der Waals surface area contributed by atoms with Gasteiger partial charge < -0.3 is 15.8 Å². The first-order valence-electron chi connectivity index (χ1n) is 4.89. The lowest BCUT2D eigenvalue weighted by Crippen LogP contribution is -2.28. The monoisotopic (exact) mass is 222 g/mol. The van der Waals surface area contributed by atoms with E-state index in [-0.39, 0.29) is 19.1 Å². The maximum atomic E-state index is 11.5. The Hall–Kier alpha value is -1.88. The van der Waals surface area contributed by atoms with E-state index in [1.54, 1.807) is 24.3 Å². The Labute approximate surface area is 93.6 Å². The second-order valence-corrected chi connectivity index (χ2v) is 3.14. The molecule has 0 saturated carbocycles. The number of carbonyl (C=O) groups is 2. The van der Waals surface area contributed by atoms with Crippen molar-refractivity contribution in [1.82, 2.24) is 5.32 Å². The van der Waals surface area contributed by atoms with Crippen LogP contribution in [0, 0.1) is 0 Å². The summed E-state index contributed by atoms with van der Waals surface area (Å²) in [5.41, 5.74) is 5.47. The van der Waals surface area contributed by atoms with Gasteiger partial charge in [0.05, 0.1) is 6.61 Å². The van der Waals surface area contributed by atoms with Gasteiger partial charge in [0, 0.05) is 12.1 Å². The number of ether oxygens (including phenoxy) is 1. The highest BCUT2D eigenvalue weighted by molar-refractivity contribution is 5.94. The molecule has 2 amide bonds. The molecule has 0 aliphatic heterocycles. The van der Waals surface area contributed by atoms with E-state index in [1.165, 1.54) is 0 Å². The van der Waals surface area contributed by atoms with Crippen molar-refractivity contribution in [3.8, 4) is 0 Å². The summed E-state index contributed by atoms with van der Waals surface area (Å²) in [6, 6.07) is 8.86. The van der Waals surface area contributed by atoms with Crippen LogP contribution in [-0.4, -0.2) is 31.6 Å². The smallest absolute Gasteiger partial charge is 0.251 e. The molecule has 5 nitrogen and oxygen atoms in total. The van der Waals surface area contributed by atoms with Crippen molar-refractivity contribution in [1.29, 1.82) is 0 Å². The van der Waals surface area contributed by atoms with Crippen molar-refractivity contribution < 1.29 is 14.3 Å². The van der Waals surface area contributed by atoms with Gasteiger partial charge in [-0.1, -0.05) is 18.2 Å². The molecule has 86 valence electrons. The first-order valence-corrected chi connectivity index (χ1v) is 4.89. The van der Waals surface area contributed by atoms with Crippen molar-refractivity contribution in [3.05, 3.63) is 35.9 Å². The predicted molar refractivity (Wildman–Crippen MR) is 58.8 cm³/mol. The summed E-state index contributed by atoms with van der Waals surface area (Å²) < 4.78 is 4.89. The van der Waals surface area contributed by atoms with Gasteiger partial charge in [-0.05, 0) is 12.1 Å². The summed E-state index contributed by atoms with van der Waals surface area (Å²) in [4.78, 5) is 21.8. The van der Waals surface area contributed by atoms with E-state index in [0.29, 0.717) is 12.1 Å². The van der Waals surface area contributed by atoms with Gasteiger partial charge in [-0.25, -0.2) is 0 Å². The largest absolute Gasteiger partial charge is 0.370 e. The Kier molecular flexibility index (Phi) is 5.01. The lowest BCUT2D eigenvalue weighted by atomic mass is 10.2. The van der Waals surface area contributed by atoms with Crippen molar-refractivity contribution in [2.24, 2.45) is 5.73 Å². The molecule has 0 saturated heterocycles. The van der Waals surface area contributed by atoms with Crippen LogP contribution in [0.3, 0.4) is 0 Å². The lowest BCUT2D eigenvalue weighted by Gasteiger charge is -2.05. The van der Waals surface area contributed by atoms with Gasteiger partial charge in [-0.2, -0.15) is 0 Å². The van der Waals surface area contributed by atoms with Gasteiger partial charge in [-0.3, -0.25) is 9.59 Å². The van der Waals surface area contributed by atoms with Crippen LogP contribution in [-0.2, 0) is 9.53 Å². The van der Waals surface area contributed by atoms with Crippen LogP contribution in [0.5, 0.6) is 0 Å². The van der Waals surface area contributed by atoms with E-state index in [4.69, 9.17) is 10.5 Å². The number of amides is 2. The summed E-state index contributed by atoms with van der Waals surface area (Å²) in [6.45, 7) is 0.490. The predicted octanol–water partition coefficient (Wildman–Crippen LogP) is -0.0817. The number of benzene rings is 1. The van der Waals surface area contributed by atoms with Crippen molar-refractivity contribution in [3.63, 3.8) is 0 Å². The maximum absolute atomic E-state index is 11.5. The molecular formula is C11H14N2O3. The Morgan fingerprint density at radius 2 is 1.94 bits per heavy atom. The van der Waals surface area contributed by atoms with Crippen molar-refractivity contribution in [2.75, 3.05) is 19.8 Å². The van der Waals surface area contributed by atoms with Crippen LogP contribution in [0.15, 0.2) is 30.3 Å². The van der Waals surface area contributed by atoms with Crippen LogP contribution in [0.1, 0.15) is 10.4 Å². The normalized spacial score (nSPS) is 9.75. The van der Waals surface area contributed by atoms with Crippen LogP contribution in [0.25, 0.3) is 0 Å². The van der Waals surface area contributed by atoms with E-state index in [9.17, 15) is 9.59 Å². The van der Waals surface area contributed by atoms with E-state index < -0.39 is 5.91 Å². The molecule has 0 heterocycles. The number of nitrogens with one attached hydrogen (secondary N) is 1. The van der Waals surface area contributed by atoms with Crippen LogP contribution >= 0.6 is 0 Å². The molecule has 0 atom stereocenters. The average Bonchev–Trinajstić information content (AvgIpc) is 2.29. The zero-order chi connectivity index (χ0) is 11.8. The van der Waals surface area contributed by atoms with Gasteiger partial charge in [0.25, 0.3) is 5.91 Å². The highest BCUT2D eigenvalue weighted by atomic mass is 16.5. The Morgan fingerprint density at radius 1 is 1.25 bits per heavy atom. The summed E-state index contributed by atoms with van der Waals surface area (Å²) in [6.07, 6.45) is 0. The molecule has 0 spiro atoms. The fourth-order valence-corrected chi connectivity index (χ4v) is 1.10. The standard InChI is InChI=1S/C11H14N2O3/c12-10(14)8-16-7-6-13-11(15)9-4-2-1-3-5-9/h1-5H,6-8H2,(H2,12,14)(H,13,15). The van der Waals surface area contributed by atoms with E-state index in [0.717, 1.165) is 0 Å². The van der Waals surface area contributed by atoms with Gasteiger partial charge >= 0.3 is 0 Å². The van der Waals surface area contributed by atoms with Gasteiger partial charge in [0.2, 0.25) is 5.91 Å². The molecule has 16 heavy (non-hydrogen) atoms. The van der Waals surface area contributed by atoms with E-state index in [1.807, 2.05) is 6.07 Å². The van der Waals surface area contributed by atoms with Crippen molar-refractivity contribution >= 4 is 11.8 Å². The first-order chi connectivity index (χ1) is 7.70. The Morgan fingerprint density at radius 3 is 2.56 bits per heavy atom. The number of hydrogen-bond donors (Lipinski definition) is 2. The fraction of sp³-hybridized carbons (Fsp3) is 0.273. The topological polar surface area (TPSA) is 81.4 Å². The third kappa shape index (κ3) is 4.56. The molecule has 0 unspecified atom stereocenters. The van der Waals surface area contributed by atoms with Crippen LogP contribution in [0.4, 0.5) is 0 Å². The fourth-order valence-electron chi connectivity index (χ4n) is 1.10. The molecule has 0 radical (unpaired) electrons. The number of primary amides is 1. The summed E-state index contributed by atoms with van der Waals surface area (Å²) in [7, 11) is 0. The van der Waals surface area contributed by atoms with E-state index >= 15 is 0 Å². The number of nitrogens with two attached hydrogens (primary N) is 1. The minimum atomic E-state index is -0.519. The molecular weight excluding hydrogens is 208 g/mol. The third-order valence-corrected chi connectivity index (χ3v) is 1.81. The Bertz CT molecular complexity index is 352. The summed E-state index contributed by atoms with van der Waals surface area (Å²) in [5, 5.41) is 2.66. The minimum Gasteiger partial charge on any atom is -0.370 e. The summed E-state index contributed by atoms with van der Waals surface area (Å²) in [5.74, 6) is -0.683. The first kappa shape index (κ1) is 12.2. The number of hydrogen-bond acceptors (Lipinski definition) is 3. The number of rotatable bonds is 6. The summed E-state index contributed by atoms with van der Waals surface area (Å²) >= 11 is 0. The second kappa shape index (κ2) is 6.58. The molecule has 0 aliphatic rings. The maximum Gasteiger partial charge on any atom is 0.251 e. The average molecular weight is 222 g/mol. The molecule has 0 aliphatic carbocycles. The minimum absolute atomic E-state index is 0.124. The van der Waals surface area contributed by atoms with Gasteiger partial charge in [-0.15, -0.1) is 0 Å². The molecule has 1 aromatic rings. The quantitative estimate of drug-likeness (QED) is 0.660. The van der Waals surface area contributed by atoms with Crippen LogP contribution in [0.2, 0.25) is 0 Å². The zero-order valence-corrected chi connectivity index (χ0v) is 8.81. The van der Waals surface area contributed by atoms with Gasteiger partial charge in [0.15, 0.2) is 0 Å². The molecule has 0 fully saturated rings. The highest BCUT2D eigenvalue weighted by Crippen LogP contribution is 1.97. The van der Waals surface area contributed by atoms with Crippen molar-refractivity contribution in [2.45, 2.75) is 0 Å². The molecule has 0 aromatic heterocycles. The lowest BCUT2D eigenvalue weighted by molar-refractivity contribution is -0.122. The molecule has 1 rings (SSSR count). The van der Waals surface area contributed by atoms with E-state index in [2.05, 4.69) is 5.32 Å². The van der Waals surface area contributed by atoms with Gasteiger partial charge in [0.1, 0.15) is 6.61 Å². The molecule has 3 N–H and O–H groups in total. The zero-order valence-electron chi connectivity index (χ0n) is 8.81. The molecule has 0 bridgehead atoms. The molecule has 5 heteroatoms. The third-order valence-electron chi connectivity index (χ3n) is 1.81. The SMILES string of the molecule is NC(=O)COCCNC(=O)c1ccccc1.